The Morgan fingerprint density at radius 2 is 2.03 bits per heavy atom. The average molecular weight is 482 g/mol. The number of hydrogen-bond acceptors (Lipinski definition) is 5. The fourth-order valence-corrected chi connectivity index (χ4v) is 4.37. The lowest BCUT2D eigenvalue weighted by atomic mass is 10.2. The Morgan fingerprint density at radius 3 is 2.73 bits per heavy atom. The third kappa shape index (κ3) is 5.97. The minimum atomic E-state index is -4.48. The molecule has 0 bridgehead atoms. The van der Waals surface area contributed by atoms with Gasteiger partial charge in [-0.2, -0.15) is 18.2 Å². The third-order valence-electron chi connectivity index (χ3n) is 4.86. The van der Waals surface area contributed by atoms with E-state index >= 15 is 0 Å². The van der Waals surface area contributed by atoms with Crippen LogP contribution in [0, 0.1) is 13.3 Å². The monoisotopic (exact) mass is 481 g/mol. The first-order chi connectivity index (χ1) is 15.6. The van der Waals surface area contributed by atoms with Crippen LogP contribution in [-0.2, 0) is 16.9 Å². The van der Waals surface area contributed by atoms with Gasteiger partial charge in [0.15, 0.2) is 12.4 Å². The summed E-state index contributed by atoms with van der Waals surface area (Å²) in [6, 6.07) is 7.89. The van der Waals surface area contributed by atoms with E-state index in [0.717, 1.165) is 6.42 Å². The van der Waals surface area contributed by atoms with Crippen LogP contribution in [-0.4, -0.2) is 56.4 Å². The number of carbonyl (C=O) groups is 1. The minimum Gasteiger partial charge on any atom is -0.609 e. The van der Waals surface area contributed by atoms with E-state index in [1.807, 2.05) is 13.3 Å². The van der Waals surface area contributed by atoms with Gasteiger partial charge in [0, 0.05) is 36.5 Å². The van der Waals surface area contributed by atoms with E-state index in [0.29, 0.717) is 28.8 Å². The zero-order valence-electron chi connectivity index (χ0n) is 18.4. The van der Waals surface area contributed by atoms with E-state index in [1.54, 1.807) is 38.2 Å². The van der Waals surface area contributed by atoms with E-state index in [2.05, 4.69) is 9.97 Å². The standard InChI is InChI=1S/C22H24F3N4O3S/c1-4-5-12-28(3)21(30)29-18-9-7-6-8-16(18)27-20(29)33(31)13-17-15(2)19(10-11-26-17)32-14-22(23,24)25/h5-11H,4,12-14H2,1-3H3. The molecule has 33 heavy (non-hydrogen) atoms. The molecule has 7 nitrogen and oxygen atoms in total. The van der Waals surface area contributed by atoms with Crippen molar-refractivity contribution < 1.29 is 27.3 Å². The zero-order valence-corrected chi connectivity index (χ0v) is 19.2. The molecular formula is C22H24F3N4O3S. The van der Waals surface area contributed by atoms with E-state index in [1.165, 1.54) is 21.7 Å². The normalized spacial score (nSPS) is 12.7. The van der Waals surface area contributed by atoms with E-state index in [4.69, 9.17) is 4.74 Å². The SMILES string of the molecule is CC[CH]CN(C)C(=O)n1c([S+]([O-])Cc2nccc(OCC(F)(F)F)c2C)nc2ccccc21. The van der Waals surface area contributed by atoms with Crippen LogP contribution in [0.15, 0.2) is 41.7 Å². The summed E-state index contributed by atoms with van der Waals surface area (Å²) >= 11 is -1.81. The lowest BCUT2D eigenvalue weighted by Crippen LogP contribution is -2.34. The maximum atomic E-state index is 13.3. The fraction of sp³-hybridized carbons (Fsp3) is 0.364. The molecule has 0 N–H and O–H groups in total. The van der Waals surface area contributed by atoms with Crippen molar-refractivity contribution in [3.05, 3.63) is 54.2 Å². The van der Waals surface area contributed by atoms with Crippen LogP contribution in [0.3, 0.4) is 0 Å². The van der Waals surface area contributed by atoms with Crippen LogP contribution in [0.25, 0.3) is 11.0 Å². The number of unbranched alkanes of at least 4 members (excludes halogenated alkanes) is 1. The summed E-state index contributed by atoms with van der Waals surface area (Å²) in [5, 5.41) is 0.0485. The molecule has 1 aromatic carbocycles. The Bertz CT molecular complexity index is 1120. The van der Waals surface area contributed by atoms with Gasteiger partial charge < -0.3 is 14.2 Å². The highest BCUT2D eigenvalue weighted by atomic mass is 32.2. The van der Waals surface area contributed by atoms with Crippen molar-refractivity contribution in [3.63, 3.8) is 0 Å². The highest BCUT2D eigenvalue weighted by Gasteiger charge is 2.31. The number of amides is 1. The summed E-state index contributed by atoms with van der Waals surface area (Å²) < 4.78 is 57.1. The maximum Gasteiger partial charge on any atom is 0.422 e. The van der Waals surface area contributed by atoms with E-state index in [9.17, 15) is 22.5 Å². The van der Waals surface area contributed by atoms with Crippen LogP contribution in [0.1, 0.15) is 24.6 Å². The number of nitrogens with zero attached hydrogens (tertiary/aromatic N) is 4. The molecule has 0 saturated carbocycles. The first-order valence-electron chi connectivity index (χ1n) is 10.2. The van der Waals surface area contributed by atoms with Gasteiger partial charge in [0.2, 0.25) is 0 Å². The van der Waals surface area contributed by atoms with E-state index < -0.39 is 24.0 Å². The lowest BCUT2D eigenvalue weighted by Gasteiger charge is -2.19. The molecule has 0 aliphatic heterocycles. The molecule has 1 atom stereocenters. The van der Waals surface area contributed by atoms with Crippen LogP contribution >= 0.6 is 0 Å². The van der Waals surface area contributed by atoms with Gasteiger partial charge in [0.05, 0.1) is 16.7 Å². The molecule has 0 aliphatic rings. The van der Waals surface area contributed by atoms with E-state index in [-0.39, 0.29) is 22.7 Å². The number of fused-ring (bicyclic) bond motifs is 1. The molecule has 0 aliphatic carbocycles. The molecular weight excluding hydrogens is 457 g/mol. The van der Waals surface area contributed by atoms with Crippen molar-refractivity contribution >= 4 is 28.2 Å². The number of ether oxygens (including phenoxy) is 1. The first kappa shape index (κ1) is 24.8. The number of hydrogen-bond donors (Lipinski definition) is 0. The zero-order chi connectivity index (χ0) is 24.2. The number of carbonyl (C=O) groups excluding carboxylic acids is 1. The Labute approximate surface area is 192 Å². The Balaban J connectivity index is 1.92. The molecule has 177 valence electrons. The highest BCUT2D eigenvalue weighted by Crippen LogP contribution is 2.27. The summed E-state index contributed by atoms with van der Waals surface area (Å²) in [6.07, 6.45) is -0.453. The molecule has 1 amide bonds. The van der Waals surface area contributed by atoms with Gasteiger partial charge in [-0.25, -0.2) is 9.36 Å². The van der Waals surface area contributed by atoms with Crippen molar-refractivity contribution in [1.29, 1.82) is 0 Å². The summed E-state index contributed by atoms with van der Waals surface area (Å²) in [4.78, 5) is 23.2. The molecule has 0 spiro atoms. The number of alkyl halides is 3. The number of para-hydroxylation sites is 2. The maximum absolute atomic E-state index is 13.3. The second kappa shape index (κ2) is 10.4. The lowest BCUT2D eigenvalue weighted by molar-refractivity contribution is -0.153. The van der Waals surface area contributed by atoms with Crippen molar-refractivity contribution in [3.8, 4) is 5.75 Å². The predicted molar refractivity (Wildman–Crippen MR) is 118 cm³/mol. The largest absolute Gasteiger partial charge is 0.609 e. The molecule has 0 saturated heterocycles. The smallest absolute Gasteiger partial charge is 0.422 e. The van der Waals surface area contributed by atoms with Gasteiger partial charge in [0.1, 0.15) is 5.75 Å². The first-order valence-corrected chi connectivity index (χ1v) is 11.5. The van der Waals surface area contributed by atoms with Gasteiger partial charge in [0.25, 0.3) is 0 Å². The summed E-state index contributed by atoms with van der Waals surface area (Å²) in [5.41, 5.74) is 1.67. The third-order valence-corrected chi connectivity index (χ3v) is 6.08. The van der Waals surface area contributed by atoms with Gasteiger partial charge in [-0.3, -0.25) is 4.98 Å². The topological polar surface area (TPSA) is 83.3 Å². The van der Waals surface area contributed by atoms with Crippen molar-refractivity contribution in [2.75, 3.05) is 20.2 Å². The molecule has 2 heterocycles. The van der Waals surface area contributed by atoms with Gasteiger partial charge >= 0.3 is 17.4 Å². The van der Waals surface area contributed by atoms with Crippen LogP contribution in [0.4, 0.5) is 18.0 Å². The number of rotatable bonds is 8. The predicted octanol–water partition coefficient (Wildman–Crippen LogP) is 4.50. The fourth-order valence-electron chi connectivity index (χ4n) is 3.12. The number of halogens is 3. The van der Waals surface area contributed by atoms with Gasteiger partial charge in [-0.1, -0.05) is 25.5 Å². The van der Waals surface area contributed by atoms with Gasteiger partial charge in [-0.15, -0.1) is 0 Å². The van der Waals surface area contributed by atoms with Gasteiger partial charge in [-0.05, 0) is 31.5 Å². The molecule has 2 aromatic heterocycles. The summed E-state index contributed by atoms with van der Waals surface area (Å²) in [7, 11) is 1.64. The molecule has 1 radical (unpaired) electrons. The second-order valence-corrected chi connectivity index (χ2v) is 8.70. The molecule has 3 rings (SSSR count). The van der Waals surface area contributed by atoms with Crippen molar-refractivity contribution in [2.45, 2.75) is 37.4 Å². The second-order valence-electron chi connectivity index (χ2n) is 7.35. The Hall–Kier alpha value is -2.79. The average Bonchev–Trinajstić information content (AvgIpc) is 3.16. The van der Waals surface area contributed by atoms with Crippen molar-refractivity contribution in [1.82, 2.24) is 19.4 Å². The Morgan fingerprint density at radius 1 is 1.30 bits per heavy atom. The molecule has 1 unspecified atom stereocenters. The van der Waals surface area contributed by atoms with Crippen LogP contribution in [0.5, 0.6) is 5.75 Å². The Kier molecular flexibility index (Phi) is 7.85. The summed E-state index contributed by atoms with van der Waals surface area (Å²) in [5.74, 6) is -0.134. The van der Waals surface area contributed by atoms with Crippen LogP contribution in [0.2, 0.25) is 0 Å². The van der Waals surface area contributed by atoms with Crippen molar-refractivity contribution in [2.24, 2.45) is 0 Å². The number of imidazole rings is 1. The number of benzene rings is 1. The van der Waals surface area contributed by atoms with Crippen LogP contribution < -0.4 is 4.74 Å². The molecule has 3 aromatic rings. The quantitative estimate of drug-likeness (QED) is 0.443. The summed E-state index contributed by atoms with van der Waals surface area (Å²) in [6.45, 7) is 2.49. The number of aromatic nitrogens is 3. The molecule has 11 heteroatoms. The minimum absolute atomic E-state index is 0.00809. The number of pyridine rings is 1. The molecule has 0 fully saturated rings. The highest BCUT2D eigenvalue weighted by molar-refractivity contribution is 7.90.